The summed E-state index contributed by atoms with van der Waals surface area (Å²) in [6.45, 7) is 4.74. The van der Waals surface area contributed by atoms with Crippen LogP contribution in [0.25, 0.3) is 0 Å². The third-order valence-corrected chi connectivity index (χ3v) is 7.17. The quantitative estimate of drug-likeness (QED) is 0.374. The number of esters is 1. The molecule has 3 aromatic carbocycles. The molecule has 1 N–H and O–H groups in total. The molecule has 1 saturated heterocycles. The number of nitrogens with zero attached hydrogens (tertiary/aromatic N) is 2. The average Bonchev–Trinajstić information content (AvgIpc) is 2.91. The summed E-state index contributed by atoms with van der Waals surface area (Å²) in [7, 11) is 1.39. The number of aliphatic hydroxyl groups is 1. The second kappa shape index (κ2) is 12.0. The van der Waals surface area contributed by atoms with Crippen LogP contribution in [0.5, 0.6) is 5.75 Å². The van der Waals surface area contributed by atoms with Crippen LogP contribution < -0.4 is 9.64 Å². The second-order valence-corrected chi connectivity index (χ2v) is 9.57. The highest BCUT2D eigenvalue weighted by atomic mass is 35.5. The Hall–Kier alpha value is -2.77. The van der Waals surface area contributed by atoms with E-state index in [-0.39, 0.29) is 31.3 Å². The first-order valence-electron chi connectivity index (χ1n) is 11.9. The zero-order chi connectivity index (χ0) is 25.7. The van der Waals surface area contributed by atoms with Gasteiger partial charge in [-0.3, -0.25) is 4.90 Å². The fraction of sp³-hybridized carbons (Fsp3) is 0.321. The van der Waals surface area contributed by atoms with Crippen LogP contribution in [0.15, 0.2) is 66.7 Å². The summed E-state index contributed by atoms with van der Waals surface area (Å²) in [5.41, 5.74) is 3.75. The number of halogens is 2. The molecule has 6 nitrogen and oxygen atoms in total. The van der Waals surface area contributed by atoms with Gasteiger partial charge in [-0.05, 0) is 54.4 Å². The smallest absolute Gasteiger partial charge is 0.337 e. The molecule has 0 amide bonds. The molecule has 0 bridgehead atoms. The Kier molecular flexibility index (Phi) is 8.75. The SMILES string of the molecule is COC(=O)c1ccc(C(C)N2CCN(c3ccc(OCCO)cc3Cl)[C@H](c3ccc(Cl)cc3)C2)cc1. The Morgan fingerprint density at radius 3 is 2.42 bits per heavy atom. The molecule has 0 radical (unpaired) electrons. The van der Waals surface area contributed by atoms with Gasteiger partial charge in [0, 0.05) is 36.8 Å². The first-order valence-corrected chi connectivity index (χ1v) is 12.6. The van der Waals surface area contributed by atoms with Crippen molar-refractivity contribution in [2.45, 2.75) is 19.0 Å². The van der Waals surface area contributed by atoms with Gasteiger partial charge < -0.3 is 19.5 Å². The van der Waals surface area contributed by atoms with Crippen molar-refractivity contribution in [1.29, 1.82) is 0 Å². The van der Waals surface area contributed by atoms with Crippen LogP contribution in [0.4, 0.5) is 5.69 Å². The molecule has 1 fully saturated rings. The molecular formula is C28H30Cl2N2O4. The van der Waals surface area contributed by atoms with E-state index in [0.717, 1.165) is 36.4 Å². The predicted octanol–water partition coefficient (Wildman–Crippen LogP) is 5.78. The highest BCUT2D eigenvalue weighted by Gasteiger charge is 2.32. The topological polar surface area (TPSA) is 62.2 Å². The molecule has 36 heavy (non-hydrogen) atoms. The third kappa shape index (κ3) is 5.95. The monoisotopic (exact) mass is 528 g/mol. The number of piperazine rings is 1. The molecule has 0 aromatic heterocycles. The van der Waals surface area contributed by atoms with Crippen molar-refractivity contribution in [3.63, 3.8) is 0 Å². The molecule has 0 aliphatic carbocycles. The van der Waals surface area contributed by atoms with Crippen molar-refractivity contribution >= 4 is 34.9 Å². The van der Waals surface area contributed by atoms with Gasteiger partial charge in [-0.15, -0.1) is 0 Å². The van der Waals surface area contributed by atoms with E-state index in [1.165, 1.54) is 7.11 Å². The van der Waals surface area contributed by atoms with Crippen molar-refractivity contribution in [2.24, 2.45) is 0 Å². The molecule has 1 heterocycles. The number of methoxy groups -OCH3 is 1. The Bertz CT molecular complexity index is 1170. The molecule has 0 spiro atoms. The zero-order valence-electron chi connectivity index (χ0n) is 20.4. The number of aliphatic hydroxyl groups excluding tert-OH is 1. The van der Waals surface area contributed by atoms with E-state index in [1.54, 1.807) is 6.07 Å². The summed E-state index contributed by atoms with van der Waals surface area (Å²) in [6, 6.07) is 21.4. The van der Waals surface area contributed by atoms with Crippen LogP contribution in [0.2, 0.25) is 10.0 Å². The lowest BCUT2D eigenvalue weighted by molar-refractivity contribution is 0.0600. The second-order valence-electron chi connectivity index (χ2n) is 8.73. The van der Waals surface area contributed by atoms with Crippen LogP contribution in [0, 0.1) is 0 Å². The Balaban J connectivity index is 1.59. The maximum Gasteiger partial charge on any atom is 0.337 e. The van der Waals surface area contributed by atoms with Crippen LogP contribution in [-0.4, -0.2) is 55.9 Å². The highest BCUT2D eigenvalue weighted by molar-refractivity contribution is 6.33. The van der Waals surface area contributed by atoms with Crippen LogP contribution in [0.3, 0.4) is 0 Å². The molecule has 1 aliphatic heterocycles. The summed E-state index contributed by atoms with van der Waals surface area (Å²) in [4.78, 5) is 16.6. The van der Waals surface area contributed by atoms with Crippen molar-refractivity contribution in [3.05, 3.63) is 93.5 Å². The molecule has 1 aliphatic rings. The fourth-order valence-electron chi connectivity index (χ4n) is 4.61. The lowest BCUT2D eigenvalue weighted by atomic mass is 9.98. The highest BCUT2D eigenvalue weighted by Crippen LogP contribution is 2.39. The van der Waals surface area contributed by atoms with Gasteiger partial charge in [-0.1, -0.05) is 47.5 Å². The average molecular weight is 529 g/mol. The van der Waals surface area contributed by atoms with Gasteiger partial charge >= 0.3 is 5.97 Å². The third-order valence-electron chi connectivity index (χ3n) is 6.62. The molecular weight excluding hydrogens is 499 g/mol. The van der Waals surface area contributed by atoms with E-state index in [1.807, 2.05) is 48.5 Å². The Labute approximate surface area is 221 Å². The maximum absolute atomic E-state index is 11.8. The molecule has 4 rings (SSSR count). The fourth-order valence-corrected chi connectivity index (χ4v) is 5.02. The molecule has 1 unspecified atom stereocenters. The summed E-state index contributed by atoms with van der Waals surface area (Å²) in [6.07, 6.45) is 0. The lowest BCUT2D eigenvalue weighted by Crippen LogP contribution is -2.49. The molecule has 0 saturated carbocycles. The number of carbonyl (C=O) groups excluding carboxylic acids is 1. The van der Waals surface area contributed by atoms with Gasteiger partial charge in [0.1, 0.15) is 12.4 Å². The van der Waals surface area contributed by atoms with E-state index >= 15 is 0 Å². The summed E-state index contributed by atoms with van der Waals surface area (Å²) in [5, 5.41) is 10.3. The molecule has 2 atom stereocenters. The van der Waals surface area contributed by atoms with Crippen molar-refractivity contribution in [3.8, 4) is 5.75 Å². The number of ether oxygens (including phenoxy) is 2. The first-order chi connectivity index (χ1) is 17.4. The van der Waals surface area contributed by atoms with Gasteiger partial charge in [0.25, 0.3) is 0 Å². The largest absolute Gasteiger partial charge is 0.491 e. The van der Waals surface area contributed by atoms with Crippen LogP contribution in [-0.2, 0) is 4.74 Å². The summed E-state index contributed by atoms with van der Waals surface area (Å²) in [5.74, 6) is 0.291. The Morgan fingerprint density at radius 1 is 1.06 bits per heavy atom. The number of hydrogen-bond acceptors (Lipinski definition) is 6. The van der Waals surface area contributed by atoms with E-state index in [0.29, 0.717) is 21.4 Å². The van der Waals surface area contributed by atoms with Gasteiger partial charge in [-0.2, -0.15) is 0 Å². The minimum absolute atomic E-state index is 0.0505. The zero-order valence-corrected chi connectivity index (χ0v) is 21.9. The van der Waals surface area contributed by atoms with Crippen LogP contribution >= 0.6 is 23.2 Å². The predicted molar refractivity (Wildman–Crippen MR) is 143 cm³/mol. The first kappa shape index (κ1) is 26.3. The van der Waals surface area contributed by atoms with E-state index < -0.39 is 0 Å². The number of hydrogen-bond donors (Lipinski definition) is 1. The minimum atomic E-state index is -0.338. The van der Waals surface area contributed by atoms with Crippen LogP contribution in [0.1, 0.15) is 40.5 Å². The van der Waals surface area contributed by atoms with Gasteiger partial charge in [0.05, 0.1) is 36.0 Å². The van der Waals surface area contributed by atoms with Gasteiger partial charge in [-0.25, -0.2) is 4.79 Å². The van der Waals surface area contributed by atoms with Crippen molar-refractivity contribution in [2.75, 3.05) is 44.9 Å². The molecule has 8 heteroatoms. The number of anilines is 1. The van der Waals surface area contributed by atoms with E-state index in [4.69, 9.17) is 37.8 Å². The minimum Gasteiger partial charge on any atom is -0.491 e. The molecule has 3 aromatic rings. The molecule has 190 valence electrons. The Morgan fingerprint density at radius 2 is 1.78 bits per heavy atom. The summed E-state index contributed by atoms with van der Waals surface area (Å²) >= 11 is 12.9. The number of carbonyl (C=O) groups is 1. The maximum atomic E-state index is 11.8. The summed E-state index contributed by atoms with van der Waals surface area (Å²) < 4.78 is 10.3. The number of benzene rings is 3. The van der Waals surface area contributed by atoms with Gasteiger partial charge in [0.2, 0.25) is 0 Å². The number of rotatable bonds is 8. The van der Waals surface area contributed by atoms with Crippen molar-refractivity contribution in [1.82, 2.24) is 4.90 Å². The standard InChI is InChI=1S/C28H30Cl2N2O4/c1-19(20-3-5-22(6-4-20)28(34)35-2)31-13-14-32(27(18-31)21-7-9-23(29)10-8-21)26-12-11-24(17-25(26)30)36-16-15-33/h3-12,17,19,27,33H,13-16,18H2,1-2H3/t19?,27-/m0/s1. The normalized spacial score (nSPS) is 17.0. The van der Waals surface area contributed by atoms with Crippen molar-refractivity contribution < 1.29 is 19.4 Å². The van der Waals surface area contributed by atoms with Gasteiger partial charge in [0.15, 0.2) is 0 Å². The van der Waals surface area contributed by atoms with E-state index in [9.17, 15) is 4.79 Å². The van der Waals surface area contributed by atoms with E-state index in [2.05, 4.69) is 28.9 Å². The lowest BCUT2D eigenvalue weighted by Gasteiger charge is -2.45.